The number of rotatable bonds is 6. The van der Waals surface area contributed by atoms with Crippen molar-refractivity contribution in [2.24, 2.45) is 5.92 Å². The zero-order valence-electron chi connectivity index (χ0n) is 17.3. The minimum atomic E-state index is -0.146. The van der Waals surface area contributed by atoms with Crippen molar-refractivity contribution in [3.8, 4) is 5.75 Å². The summed E-state index contributed by atoms with van der Waals surface area (Å²) in [6.45, 7) is 2.48. The highest BCUT2D eigenvalue weighted by atomic mass is 16.5. The molecule has 5 nitrogen and oxygen atoms in total. The minimum Gasteiger partial charge on any atom is -0.492 e. The lowest BCUT2D eigenvalue weighted by atomic mass is 9.95. The van der Waals surface area contributed by atoms with Crippen molar-refractivity contribution < 1.29 is 14.3 Å². The molecule has 0 aliphatic carbocycles. The topological polar surface area (TPSA) is 42.0 Å². The average Bonchev–Trinajstić information content (AvgIpc) is 3.26. The van der Waals surface area contributed by atoms with E-state index in [0.29, 0.717) is 19.7 Å². The van der Waals surface area contributed by atoms with Crippen molar-refractivity contribution in [2.45, 2.75) is 31.9 Å². The second kappa shape index (κ2) is 8.87. The number of benzene rings is 2. The van der Waals surface area contributed by atoms with Crippen LogP contribution in [0, 0.1) is 5.92 Å². The van der Waals surface area contributed by atoms with Crippen molar-refractivity contribution in [1.29, 1.82) is 0 Å². The number of anilines is 1. The van der Waals surface area contributed by atoms with Crippen molar-refractivity contribution in [1.82, 2.24) is 4.90 Å². The monoisotopic (exact) mass is 394 g/mol. The fraction of sp³-hybridized carbons (Fsp3) is 0.458. The van der Waals surface area contributed by atoms with Crippen LogP contribution < -0.4 is 9.64 Å². The second-order valence-corrected chi connectivity index (χ2v) is 8.23. The predicted molar refractivity (Wildman–Crippen MR) is 114 cm³/mol. The third kappa shape index (κ3) is 4.73. The molecule has 2 atom stereocenters. The molecule has 0 radical (unpaired) electrons. The summed E-state index contributed by atoms with van der Waals surface area (Å²) in [6.07, 6.45) is 2.96. The van der Waals surface area contributed by atoms with E-state index in [4.69, 9.17) is 9.47 Å². The third-order valence-electron chi connectivity index (χ3n) is 5.81. The first kappa shape index (κ1) is 19.8. The molecule has 1 saturated heterocycles. The lowest BCUT2D eigenvalue weighted by Gasteiger charge is -2.32. The third-order valence-corrected chi connectivity index (χ3v) is 5.81. The highest BCUT2D eigenvalue weighted by Crippen LogP contribution is 2.28. The van der Waals surface area contributed by atoms with Gasteiger partial charge in [0.15, 0.2) is 0 Å². The van der Waals surface area contributed by atoms with Crippen LogP contribution in [0.25, 0.3) is 0 Å². The molecule has 2 aromatic rings. The minimum absolute atomic E-state index is 0.136. The van der Waals surface area contributed by atoms with E-state index in [1.54, 1.807) is 0 Å². The quantitative estimate of drug-likeness (QED) is 0.752. The first-order valence-electron chi connectivity index (χ1n) is 10.5. The van der Waals surface area contributed by atoms with E-state index in [9.17, 15) is 4.79 Å². The molecule has 0 spiro atoms. The largest absolute Gasteiger partial charge is 0.492 e. The van der Waals surface area contributed by atoms with Gasteiger partial charge in [-0.05, 0) is 48.6 Å². The molecule has 2 aliphatic rings. The van der Waals surface area contributed by atoms with Crippen LogP contribution in [0.15, 0.2) is 48.5 Å². The molecule has 2 unspecified atom stereocenters. The number of para-hydroxylation sites is 1. The summed E-state index contributed by atoms with van der Waals surface area (Å²) in [5.41, 5.74) is 3.41. The first-order chi connectivity index (χ1) is 14.1. The Morgan fingerprint density at radius 1 is 1.10 bits per heavy atom. The summed E-state index contributed by atoms with van der Waals surface area (Å²) < 4.78 is 11.7. The van der Waals surface area contributed by atoms with Gasteiger partial charge in [0, 0.05) is 39.5 Å². The number of carbonyl (C=O) groups is 1. The van der Waals surface area contributed by atoms with Crippen molar-refractivity contribution in [3.63, 3.8) is 0 Å². The van der Waals surface area contributed by atoms with Gasteiger partial charge in [-0.1, -0.05) is 30.3 Å². The van der Waals surface area contributed by atoms with Gasteiger partial charge in [0.25, 0.3) is 0 Å². The van der Waals surface area contributed by atoms with Gasteiger partial charge in [-0.25, -0.2) is 0 Å². The zero-order valence-corrected chi connectivity index (χ0v) is 17.3. The molecule has 154 valence electrons. The molecule has 5 heteroatoms. The Morgan fingerprint density at radius 2 is 1.90 bits per heavy atom. The van der Waals surface area contributed by atoms with Crippen LogP contribution in [0.5, 0.6) is 5.75 Å². The van der Waals surface area contributed by atoms with Gasteiger partial charge in [-0.3, -0.25) is 4.79 Å². The number of hydrogen-bond acceptors (Lipinski definition) is 4. The van der Waals surface area contributed by atoms with Crippen LogP contribution in [0.2, 0.25) is 0 Å². The summed E-state index contributed by atoms with van der Waals surface area (Å²) in [4.78, 5) is 17.5. The molecule has 0 aromatic heterocycles. The molecule has 29 heavy (non-hydrogen) atoms. The number of fused-ring (bicyclic) bond motifs is 1. The zero-order chi connectivity index (χ0) is 20.2. The van der Waals surface area contributed by atoms with Crippen LogP contribution in [-0.4, -0.2) is 50.8 Å². The Balaban J connectivity index is 1.49. The summed E-state index contributed by atoms with van der Waals surface area (Å²) in [5.74, 6) is 0.917. The van der Waals surface area contributed by atoms with E-state index >= 15 is 0 Å². The van der Waals surface area contributed by atoms with Gasteiger partial charge >= 0.3 is 0 Å². The van der Waals surface area contributed by atoms with Gasteiger partial charge < -0.3 is 19.3 Å². The maximum absolute atomic E-state index is 13.5. The molecule has 2 aliphatic heterocycles. The van der Waals surface area contributed by atoms with Gasteiger partial charge in [-0.2, -0.15) is 0 Å². The lowest BCUT2D eigenvalue weighted by Crippen LogP contribution is -2.43. The SMILES string of the molecule is CN(C)c1ccc(CN(CC2CCCO2)C(=O)C2COc3ccccc3C2)cc1. The molecular weight excluding hydrogens is 364 g/mol. The number of ether oxygens (including phenoxy) is 2. The fourth-order valence-electron chi connectivity index (χ4n) is 4.13. The highest BCUT2D eigenvalue weighted by molar-refractivity contribution is 5.80. The Morgan fingerprint density at radius 3 is 2.62 bits per heavy atom. The summed E-state index contributed by atoms with van der Waals surface area (Å²) >= 11 is 0. The lowest BCUT2D eigenvalue weighted by molar-refractivity contribution is -0.139. The van der Waals surface area contributed by atoms with E-state index in [-0.39, 0.29) is 17.9 Å². The smallest absolute Gasteiger partial charge is 0.229 e. The maximum Gasteiger partial charge on any atom is 0.229 e. The van der Waals surface area contributed by atoms with E-state index < -0.39 is 0 Å². The van der Waals surface area contributed by atoms with E-state index in [0.717, 1.165) is 48.4 Å². The fourth-order valence-corrected chi connectivity index (χ4v) is 4.13. The number of hydrogen-bond donors (Lipinski definition) is 0. The van der Waals surface area contributed by atoms with Crippen LogP contribution in [-0.2, 0) is 22.5 Å². The van der Waals surface area contributed by atoms with E-state index in [1.165, 1.54) is 0 Å². The normalized spacial score (nSPS) is 20.6. The Bertz CT molecular complexity index is 828. The number of amides is 1. The number of nitrogens with zero attached hydrogens (tertiary/aromatic N) is 2. The van der Waals surface area contributed by atoms with Crippen molar-refractivity contribution >= 4 is 11.6 Å². The maximum atomic E-state index is 13.5. The van der Waals surface area contributed by atoms with Crippen LogP contribution in [0.1, 0.15) is 24.0 Å². The van der Waals surface area contributed by atoms with Crippen LogP contribution in [0.3, 0.4) is 0 Å². The Hall–Kier alpha value is -2.53. The van der Waals surface area contributed by atoms with Crippen LogP contribution in [0.4, 0.5) is 5.69 Å². The molecule has 2 aromatic carbocycles. The first-order valence-corrected chi connectivity index (χ1v) is 10.5. The van der Waals surface area contributed by atoms with Crippen LogP contribution >= 0.6 is 0 Å². The molecule has 2 heterocycles. The van der Waals surface area contributed by atoms with Gasteiger partial charge in [0.1, 0.15) is 12.4 Å². The molecule has 0 saturated carbocycles. The highest BCUT2D eigenvalue weighted by Gasteiger charge is 2.31. The molecule has 4 rings (SSSR count). The van der Waals surface area contributed by atoms with E-state index in [2.05, 4.69) is 35.2 Å². The van der Waals surface area contributed by atoms with Gasteiger partial charge in [0.2, 0.25) is 5.91 Å². The molecule has 0 bridgehead atoms. The van der Waals surface area contributed by atoms with Crippen molar-refractivity contribution in [2.75, 3.05) is 38.8 Å². The second-order valence-electron chi connectivity index (χ2n) is 8.23. The number of carbonyl (C=O) groups excluding carboxylic acids is 1. The van der Waals surface area contributed by atoms with Crippen molar-refractivity contribution in [3.05, 3.63) is 59.7 Å². The van der Waals surface area contributed by atoms with E-state index in [1.807, 2.05) is 37.2 Å². The Labute approximate surface area is 173 Å². The summed E-state index contributed by atoms with van der Waals surface area (Å²) in [5, 5.41) is 0. The molecular formula is C24H30N2O3. The molecule has 1 amide bonds. The average molecular weight is 395 g/mol. The Kier molecular flexibility index (Phi) is 6.05. The van der Waals surface area contributed by atoms with Gasteiger partial charge in [0.05, 0.1) is 12.0 Å². The predicted octanol–water partition coefficient (Wildman–Crippen LogP) is 3.51. The molecule has 1 fully saturated rings. The standard InChI is InChI=1S/C24H30N2O3/c1-25(2)21-11-9-18(10-12-21)15-26(16-22-7-5-13-28-22)24(27)20-14-19-6-3-4-8-23(19)29-17-20/h3-4,6,8-12,20,22H,5,7,13-17H2,1-2H3. The summed E-state index contributed by atoms with van der Waals surface area (Å²) in [7, 11) is 4.06. The molecule has 0 N–H and O–H groups in total. The summed E-state index contributed by atoms with van der Waals surface area (Å²) in [6, 6.07) is 16.4. The van der Waals surface area contributed by atoms with Gasteiger partial charge in [-0.15, -0.1) is 0 Å².